The summed E-state index contributed by atoms with van der Waals surface area (Å²) >= 11 is 0. The van der Waals surface area contributed by atoms with Gasteiger partial charge < -0.3 is 16.2 Å². The van der Waals surface area contributed by atoms with Crippen LogP contribution in [0.4, 0.5) is 4.39 Å². The molecule has 0 heterocycles. The van der Waals surface area contributed by atoms with Gasteiger partial charge in [0, 0.05) is 24.6 Å². The molecule has 1 saturated carbocycles. The van der Waals surface area contributed by atoms with Gasteiger partial charge in [0.05, 0.1) is 6.61 Å². The predicted octanol–water partition coefficient (Wildman–Crippen LogP) is 1.45. The van der Waals surface area contributed by atoms with Crippen molar-refractivity contribution in [3.63, 3.8) is 0 Å². The summed E-state index contributed by atoms with van der Waals surface area (Å²) < 4.78 is 13.5. The topological polar surface area (TPSA) is 75.4 Å². The van der Waals surface area contributed by atoms with Gasteiger partial charge in [-0.3, -0.25) is 4.79 Å². The van der Waals surface area contributed by atoms with Crippen LogP contribution >= 0.6 is 0 Å². The number of aliphatic hydroxyl groups excluding tert-OH is 1. The lowest BCUT2D eigenvalue weighted by molar-refractivity contribution is -0.122. The van der Waals surface area contributed by atoms with E-state index in [1.54, 1.807) is 6.07 Å². The molecular formula is C15H21FN2O2. The SMILES string of the molecule is N[C@@H]1CCC[C@H]1CC(=O)NCc1ccc(CO)c(F)c1. The van der Waals surface area contributed by atoms with E-state index >= 15 is 0 Å². The molecule has 1 aromatic rings. The second kappa shape index (κ2) is 6.81. The zero-order valence-corrected chi connectivity index (χ0v) is 11.4. The number of aliphatic hydroxyl groups is 1. The van der Waals surface area contributed by atoms with Crippen LogP contribution in [0, 0.1) is 11.7 Å². The lowest BCUT2D eigenvalue weighted by Crippen LogP contribution is -2.31. The summed E-state index contributed by atoms with van der Waals surface area (Å²) in [4.78, 5) is 11.8. The fourth-order valence-electron chi connectivity index (χ4n) is 2.66. The van der Waals surface area contributed by atoms with Crippen LogP contribution in [0.25, 0.3) is 0 Å². The molecule has 2 rings (SSSR count). The van der Waals surface area contributed by atoms with Crippen molar-refractivity contribution in [2.45, 2.75) is 44.9 Å². The van der Waals surface area contributed by atoms with Crippen LogP contribution in [0.3, 0.4) is 0 Å². The molecule has 0 saturated heterocycles. The highest BCUT2D eigenvalue weighted by atomic mass is 19.1. The van der Waals surface area contributed by atoms with Crippen LogP contribution in [0.2, 0.25) is 0 Å². The number of hydrogen-bond donors (Lipinski definition) is 3. The molecule has 4 N–H and O–H groups in total. The number of hydrogen-bond acceptors (Lipinski definition) is 3. The third-order valence-corrected chi connectivity index (χ3v) is 3.94. The Morgan fingerprint density at radius 1 is 1.45 bits per heavy atom. The zero-order chi connectivity index (χ0) is 14.5. The van der Waals surface area contributed by atoms with Crippen LogP contribution in [0.15, 0.2) is 18.2 Å². The third-order valence-electron chi connectivity index (χ3n) is 3.94. The number of nitrogens with two attached hydrogens (primary N) is 1. The van der Waals surface area contributed by atoms with E-state index in [0.29, 0.717) is 18.5 Å². The maximum atomic E-state index is 13.5. The summed E-state index contributed by atoms with van der Waals surface area (Å²) in [5, 5.41) is 11.7. The van der Waals surface area contributed by atoms with Crippen LogP contribution in [-0.4, -0.2) is 17.1 Å². The van der Waals surface area contributed by atoms with E-state index in [1.807, 2.05) is 0 Å². The highest BCUT2D eigenvalue weighted by Crippen LogP contribution is 2.26. The van der Waals surface area contributed by atoms with E-state index in [-0.39, 0.29) is 30.0 Å². The van der Waals surface area contributed by atoms with E-state index in [2.05, 4.69) is 5.32 Å². The fraction of sp³-hybridized carbons (Fsp3) is 0.533. The number of nitrogens with one attached hydrogen (secondary N) is 1. The summed E-state index contributed by atoms with van der Waals surface area (Å²) in [6.07, 6.45) is 3.53. The van der Waals surface area contributed by atoms with Gasteiger partial charge in [-0.2, -0.15) is 0 Å². The Balaban J connectivity index is 1.82. The number of carbonyl (C=O) groups excluding carboxylic acids is 1. The molecule has 2 atom stereocenters. The van der Waals surface area contributed by atoms with Crippen LogP contribution in [0.1, 0.15) is 36.8 Å². The molecule has 110 valence electrons. The average Bonchev–Trinajstić information content (AvgIpc) is 2.82. The third kappa shape index (κ3) is 3.77. The van der Waals surface area contributed by atoms with Gasteiger partial charge in [-0.25, -0.2) is 4.39 Å². The molecule has 0 spiro atoms. The second-order valence-corrected chi connectivity index (χ2v) is 5.42. The van der Waals surface area contributed by atoms with Crippen molar-refractivity contribution in [2.75, 3.05) is 0 Å². The summed E-state index contributed by atoms with van der Waals surface area (Å²) in [7, 11) is 0. The van der Waals surface area contributed by atoms with Gasteiger partial charge >= 0.3 is 0 Å². The standard InChI is InChI=1S/C15H21FN2O2/c16-13-6-10(4-5-12(13)9-19)8-18-15(20)7-11-2-1-3-14(11)17/h4-6,11,14,19H,1-3,7-9,17H2,(H,18,20)/t11-,14+/m0/s1. The minimum Gasteiger partial charge on any atom is -0.392 e. The number of rotatable bonds is 5. The first kappa shape index (κ1) is 14.9. The molecule has 1 amide bonds. The van der Waals surface area contributed by atoms with E-state index < -0.39 is 5.82 Å². The van der Waals surface area contributed by atoms with E-state index in [4.69, 9.17) is 10.8 Å². The molecule has 20 heavy (non-hydrogen) atoms. The van der Waals surface area contributed by atoms with Crippen molar-refractivity contribution >= 4 is 5.91 Å². The van der Waals surface area contributed by atoms with Gasteiger partial charge in [-0.1, -0.05) is 18.6 Å². The molecule has 1 aliphatic rings. The zero-order valence-electron chi connectivity index (χ0n) is 11.4. The molecule has 0 aromatic heterocycles. The Bertz CT molecular complexity index is 479. The van der Waals surface area contributed by atoms with Crippen LogP contribution in [-0.2, 0) is 17.9 Å². The number of benzene rings is 1. The second-order valence-electron chi connectivity index (χ2n) is 5.42. The minimum absolute atomic E-state index is 0.0426. The Labute approximate surface area is 118 Å². The summed E-state index contributed by atoms with van der Waals surface area (Å²) in [6.45, 7) is -0.0263. The average molecular weight is 280 g/mol. The van der Waals surface area contributed by atoms with Crippen LogP contribution in [0.5, 0.6) is 0 Å². The van der Waals surface area contributed by atoms with Crippen molar-refractivity contribution in [1.82, 2.24) is 5.32 Å². The molecule has 0 aliphatic heterocycles. The van der Waals surface area contributed by atoms with Gasteiger partial charge in [0.1, 0.15) is 5.82 Å². The Morgan fingerprint density at radius 3 is 2.85 bits per heavy atom. The largest absolute Gasteiger partial charge is 0.392 e. The maximum absolute atomic E-state index is 13.5. The highest BCUT2D eigenvalue weighted by molar-refractivity contribution is 5.76. The molecular weight excluding hydrogens is 259 g/mol. The normalized spacial score (nSPS) is 21.9. The highest BCUT2D eigenvalue weighted by Gasteiger charge is 2.25. The van der Waals surface area contributed by atoms with Crippen molar-refractivity contribution in [3.05, 3.63) is 35.1 Å². The first-order valence-electron chi connectivity index (χ1n) is 7.00. The first-order chi connectivity index (χ1) is 9.60. The van der Waals surface area contributed by atoms with Gasteiger partial charge in [-0.15, -0.1) is 0 Å². The van der Waals surface area contributed by atoms with Gasteiger partial charge in [-0.05, 0) is 30.4 Å². The maximum Gasteiger partial charge on any atom is 0.220 e. The Kier molecular flexibility index (Phi) is 5.09. The molecule has 5 heteroatoms. The minimum atomic E-state index is -0.447. The molecule has 4 nitrogen and oxygen atoms in total. The lowest BCUT2D eigenvalue weighted by Gasteiger charge is -2.14. The van der Waals surface area contributed by atoms with E-state index in [1.165, 1.54) is 12.1 Å². The van der Waals surface area contributed by atoms with Gasteiger partial charge in [0.25, 0.3) is 0 Å². The molecule has 0 radical (unpaired) electrons. The summed E-state index contributed by atoms with van der Waals surface area (Å²) in [5.74, 6) is -0.223. The lowest BCUT2D eigenvalue weighted by atomic mass is 10.00. The Morgan fingerprint density at radius 2 is 2.25 bits per heavy atom. The molecule has 1 aromatic carbocycles. The molecule has 1 aliphatic carbocycles. The molecule has 1 fully saturated rings. The van der Waals surface area contributed by atoms with Crippen LogP contribution < -0.4 is 11.1 Å². The van der Waals surface area contributed by atoms with Crippen molar-refractivity contribution in [2.24, 2.45) is 11.7 Å². The van der Waals surface area contributed by atoms with Gasteiger partial charge in [0.2, 0.25) is 5.91 Å². The number of carbonyl (C=O) groups is 1. The van der Waals surface area contributed by atoms with Crippen molar-refractivity contribution in [1.29, 1.82) is 0 Å². The summed E-state index contributed by atoms with van der Waals surface area (Å²) in [5.41, 5.74) is 6.88. The van der Waals surface area contributed by atoms with E-state index in [0.717, 1.165) is 19.3 Å². The predicted molar refractivity (Wildman–Crippen MR) is 74.1 cm³/mol. The van der Waals surface area contributed by atoms with Gasteiger partial charge in [0.15, 0.2) is 0 Å². The van der Waals surface area contributed by atoms with Crippen molar-refractivity contribution in [3.8, 4) is 0 Å². The quantitative estimate of drug-likeness (QED) is 0.764. The number of halogens is 1. The molecule has 0 bridgehead atoms. The molecule has 0 unspecified atom stereocenters. The smallest absolute Gasteiger partial charge is 0.220 e. The Hall–Kier alpha value is -1.46. The number of amides is 1. The first-order valence-corrected chi connectivity index (χ1v) is 7.00. The fourth-order valence-corrected chi connectivity index (χ4v) is 2.66. The monoisotopic (exact) mass is 280 g/mol. The van der Waals surface area contributed by atoms with Crippen molar-refractivity contribution < 1.29 is 14.3 Å². The van der Waals surface area contributed by atoms with E-state index in [9.17, 15) is 9.18 Å². The summed E-state index contributed by atoms with van der Waals surface area (Å²) in [6, 6.07) is 4.70.